The topological polar surface area (TPSA) is 109 Å². The molecule has 0 unspecified atom stereocenters. The lowest BCUT2D eigenvalue weighted by molar-refractivity contribution is -0.139. The minimum Gasteiger partial charge on any atom is -0.497 e. The maximum absolute atomic E-state index is 11.6. The number of rotatable bonds is 11. The number of carbonyl (C=O) groups is 1. The molecule has 186 valence electrons. The van der Waals surface area contributed by atoms with Crippen molar-refractivity contribution in [2.75, 3.05) is 32.5 Å². The lowest BCUT2D eigenvalue weighted by Gasteiger charge is -2.38. The van der Waals surface area contributed by atoms with E-state index < -0.39 is 12.1 Å². The molecule has 3 atom stereocenters. The lowest BCUT2D eigenvalue weighted by atomic mass is 9.79. The van der Waals surface area contributed by atoms with Gasteiger partial charge in [-0.25, -0.2) is 9.97 Å². The Hall–Kier alpha value is -2.75. The zero-order chi connectivity index (χ0) is 24.6. The Balaban J connectivity index is 1.35. The van der Waals surface area contributed by atoms with Gasteiger partial charge in [-0.15, -0.1) is 11.8 Å². The van der Waals surface area contributed by atoms with Gasteiger partial charge in [0.1, 0.15) is 12.1 Å². The Morgan fingerprint density at radius 2 is 2.11 bits per heavy atom. The maximum Gasteiger partial charge on any atom is 0.303 e. The molecule has 0 saturated carbocycles. The largest absolute Gasteiger partial charge is 0.497 e. The van der Waals surface area contributed by atoms with Crippen LogP contribution >= 0.6 is 11.8 Å². The summed E-state index contributed by atoms with van der Waals surface area (Å²) in [5.41, 5.74) is 1.65. The molecule has 9 heteroatoms. The number of piperidine rings is 1. The van der Waals surface area contributed by atoms with E-state index in [0.717, 1.165) is 65.5 Å². The molecule has 1 aliphatic rings. The van der Waals surface area contributed by atoms with Crippen molar-refractivity contribution < 1.29 is 19.7 Å². The Labute approximate surface area is 209 Å². The second-order valence-electron chi connectivity index (χ2n) is 8.98. The van der Waals surface area contributed by atoms with E-state index in [9.17, 15) is 15.0 Å². The van der Waals surface area contributed by atoms with Crippen LogP contribution in [0.3, 0.4) is 0 Å². The Morgan fingerprint density at radius 1 is 1.23 bits per heavy atom. The number of aliphatic hydroxyl groups excluding tert-OH is 1. The van der Waals surface area contributed by atoms with E-state index in [1.165, 1.54) is 0 Å². The van der Waals surface area contributed by atoms with E-state index in [0.29, 0.717) is 6.42 Å². The summed E-state index contributed by atoms with van der Waals surface area (Å²) in [6.45, 7) is 2.61. The number of ether oxygens (including phenoxy) is 1. The molecular formula is C26H32N4O4S. The molecular weight excluding hydrogens is 464 g/mol. The van der Waals surface area contributed by atoms with Crippen LogP contribution in [0, 0.1) is 11.8 Å². The molecule has 1 aliphatic heterocycles. The van der Waals surface area contributed by atoms with Crippen molar-refractivity contribution in [1.29, 1.82) is 0 Å². The van der Waals surface area contributed by atoms with Crippen LogP contribution in [-0.2, 0) is 4.79 Å². The number of methoxy groups -OCH3 is 1. The fraction of sp³-hybridized carbons (Fsp3) is 0.462. The summed E-state index contributed by atoms with van der Waals surface area (Å²) in [7, 11) is 1.62. The number of thioether (sulfide) groups is 1. The average Bonchev–Trinajstić information content (AvgIpc) is 2.87. The average molecular weight is 497 g/mol. The van der Waals surface area contributed by atoms with Gasteiger partial charge in [-0.05, 0) is 73.5 Å². The number of likely N-dealkylation sites (tertiary alicyclic amines) is 1. The highest BCUT2D eigenvalue weighted by atomic mass is 32.2. The van der Waals surface area contributed by atoms with Crippen LogP contribution in [0.2, 0.25) is 0 Å². The summed E-state index contributed by atoms with van der Waals surface area (Å²) < 4.78 is 5.35. The number of aliphatic hydroxyl groups is 1. The Morgan fingerprint density at radius 3 is 2.89 bits per heavy atom. The third-order valence-corrected chi connectivity index (χ3v) is 7.70. The first-order valence-electron chi connectivity index (χ1n) is 12.0. The van der Waals surface area contributed by atoms with Crippen molar-refractivity contribution in [3.63, 3.8) is 0 Å². The minimum absolute atomic E-state index is 0.0757. The first-order valence-corrected chi connectivity index (χ1v) is 13.0. The fourth-order valence-electron chi connectivity index (χ4n) is 4.93. The van der Waals surface area contributed by atoms with E-state index in [1.807, 2.05) is 30.3 Å². The van der Waals surface area contributed by atoms with Gasteiger partial charge < -0.3 is 19.8 Å². The predicted octanol–water partition coefficient (Wildman–Crippen LogP) is 4.05. The molecule has 1 aromatic carbocycles. The van der Waals surface area contributed by atoms with Crippen molar-refractivity contribution in [2.45, 2.75) is 36.8 Å². The second kappa shape index (κ2) is 12.3. The van der Waals surface area contributed by atoms with Crippen molar-refractivity contribution in [2.24, 2.45) is 11.8 Å². The number of carboxylic acid groups (broad SMARTS) is 1. The van der Waals surface area contributed by atoms with Crippen molar-refractivity contribution >= 4 is 28.6 Å². The van der Waals surface area contributed by atoms with E-state index in [4.69, 9.17) is 4.74 Å². The van der Waals surface area contributed by atoms with Crippen LogP contribution in [0.5, 0.6) is 5.75 Å². The van der Waals surface area contributed by atoms with Crippen LogP contribution in [0.25, 0.3) is 10.9 Å². The van der Waals surface area contributed by atoms with Crippen LogP contribution in [0.4, 0.5) is 0 Å². The molecule has 0 bridgehead atoms. The summed E-state index contributed by atoms with van der Waals surface area (Å²) in [5.74, 6) is 1.22. The molecule has 3 heterocycles. The molecule has 2 aromatic heterocycles. The van der Waals surface area contributed by atoms with E-state index in [1.54, 1.807) is 37.6 Å². The number of hydrogen-bond donors (Lipinski definition) is 2. The zero-order valence-electron chi connectivity index (χ0n) is 19.9. The van der Waals surface area contributed by atoms with Crippen LogP contribution in [-0.4, -0.2) is 68.5 Å². The van der Waals surface area contributed by atoms with Crippen molar-refractivity contribution in [1.82, 2.24) is 19.9 Å². The van der Waals surface area contributed by atoms with Crippen LogP contribution < -0.4 is 4.74 Å². The number of carboxylic acids is 1. The smallest absolute Gasteiger partial charge is 0.303 e. The third kappa shape index (κ3) is 6.90. The Bertz CT molecular complexity index is 1120. The molecule has 35 heavy (non-hydrogen) atoms. The number of nitrogens with zero attached hydrogens (tertiary/aromatic N) is 4. The van der Waals surface area contributed by atoms with Gasteiger partial charge in [0.2, 0.25) is 0 Å². The number of hydrogen-bond acceptors (Lipinski definition) is 8. The van der Waals surface area contributed by atoms with Gasteiger partial charge in [-0.2, -0.15) is 0 Å². The van der Waals surface area contributed by atoms with Crippen LogP contribution in [0.15, 0.2) is 54.1 Å². The number of pyridine rings is 1. The highest BCUT2D eigenvalue weighted by Gasteiger charge is 2.31. The molecule has 8 nitrogen and oxygen atoms in total. The van der Waals surface area contributed by atoms with Gasteiger partial charge in [0.15, 0.2) is 0 Å². The summed E-state index contributed by atoms with van der Waals surface area (Å²) in [6.07, 6.45) is 6.84. The molecule has 1 fully saturated rings. The number of aliphatic carboxylic acids is 1. The standard InChI is InChI=1S/C26H32N4O4S/c1-34-20-3-4-23-22(15-20)21(6-10-28-23)24(31)5-2-18-8-11-30(16-19(18)14-26(32)33)12-13-35-25-7-9-27-17-29-25/h3-4,6-7,9-10,15,17-19,24,31H,2,5,8,11-14,16H2,1H3,(H,32,33)/t18-,19+,24+/m1/s1. The van der Waals surface area contributed by atoms with Gasteiger partial charge in [0, 0.05) is 43.0 Å². The minimum atomic E-state index is -0.759. The quantitative estimate of drug-likeness (QED) is 0.300. The summed E-state index contributed by atoms with van der Waals surface area (Å²) in [4.78, 5) is 26.5. The molecule has 0 amide bonds. The van der Waals surface area contributed by atoms with Crippen molar-refractivity contribution in [3.05, 3.63) is 54.6 Å². The fourth-order valence-corrected chi connectivity index (χ4v) is 5.77. The summed E-state index contributed by atoms with van der Waals surface area (Å²) in [5, 5.41) is 22.4. The van der Waals surface area contributed by atoms with Gasteiger partial charge in [-0.3, -0.25) is 9.78 Å². The number of aromatic nitrogens is 3. The molecule has 1 saturated heterocycles. The monoisotopic (exact) mass is 496 g/mol. The molecule has 0 spiro atoms. The molecule has 0 radical (unpaired) electrons. The van der Waals surface area contributed by atoms with Gasteiger partial charge in [-0.1, -0.05) is 0 Å². The third-order valence-electron chi connectivity index (χ3n) is 6.78. The molecule has 2 N–H and O–H groups in total. The SMILES string of the molecule is COc1ccc2nccc([C@@H](O)CC[C@@H]3CCN(CCSc4ccncn4)C[C@@H]3CC(=O)O)c2c1. The Kier molecular flexibility index (Phi) is 8.90. The van der Waals surface area contributed by atoms with Gasteiger partial charge in [0.05, 0.1) is 23.8 Å². The second-order valence-corrected chi connectivity index (χ2v) is 10.1. The van der Waals surface area contributed by atoms with Gasteiger partial charge >= 0.3 is 5.97 Å². The highest BCUT2D eigenvalue weighted by molar-refractivity contribution is 7.99. The lowest BCUT2D eigenvalue weighted by Crippen LogP contribution is -2.42. The van der Waals surface area contributed by atoms with E-state index >= 15 is 0 Å². The summed E-state index contributed by atoms with van der Waals surface area (Å²) in [6, 6.07) is 9.43. The molecule has 4 rings (SSSR count). The van der Waals surface area contributed by atoms with E-state index in [-0.39, 0.29) is 18.3 Å². The first-order chi connectivity index (χ1) is 17.0. The van der Waals surface area contributed by atoms with E-state index in [2.05, 4.69) is 19.9 Å². The first kappa shape index (κ1) is 25.3. The molecule has 3 aromatic rings. The number of benzene rings is 1. The number of fused-ring (bicyclic) bond motifs is 1. The van der Waals surface area contributed by atoms with Crippen LogP contribution in [0.1, 0.15) is 37.4 Å². The predicted molar refractivity (Wildman–Crippen MR) is 136 cm³/mol. The summed E-state index contributed by atoms with van der Waals surface area (Å²) >= 11 is 1.69. The van der Waals surface area contributed by atoms with Crippen molar-refractivity contribution in [3.8, 4) is 5.75 Å². The normalized spacial score (nSPS) is 19.5. The zero-order valence-corrected chi connectivity index (χ0v) is 20.7. The molecule has 0 aliphatic carbocycles. The van der Waals surface area contributed by atoms with Gasteiger partial charge in [0.25, 0.3) is 0 Å². The maximum atomic E-state index is 11.6. The highest BCUT2D eigenvalue weighted by Crippen LogP contribution is 2.35.